The number of aromatic nitrogens is 1. The topological polar surface area (TPSA) is 83.6 Å². The number of carbonyl (C=O) groups excluding carboxylic acids is 2. The summed E-state index contributed by atoms with van der Waals surface area (Å²) < 4.78 is 5.14. The van der Waals surface area contributed by atoms with Crippen molar-refractivity contribution >= 4 is 23.3 Å². The fourth-order valence-corrected chi connectivity index (χ4v) is 3.67. The summed E-state index contributed by atoms with van der Waals surface area (Å²) >= 11 is 0. The van der Waals surface area contributed by atoms with Crippen molar-refractivity contribution in [1.82, 2.24) is 5.16 Å². The van der Waals surface area contributed by atoms with Gasteiger partial charge in [0.1, 0.15) is 11.5 Å². The molecule has 1 aliphatic heterocycles. The summed E-state index contributed by atoms with van der Waals surface area (Å²) in [5.74, 6) is -0.625. The first-order valence-electron chi connectivity index (χ1n) is 9.78. The minimum atomic E-state index is -0.809. The number of anilines is 1. The van der Waals surface area contributed by atoms with E-state index in [0.717, 1.165) is 5.56 Å². The number of ketones is 1. The van der Waals surface area contributed by atoms with Gasteiger partial charge in [0, 0.05) is 11.6 Å². The lowest BCUT2D eigenvalue weighted by Gasteiger charge is -2.23. The Kier molecular flexibility index (Phi) is 4.99. The highest BCUT2D eigenvalue weighted by atomic mass is 16.5. The average molecular weight is 402 g/mol. The summed E-state index contributed by atoms with van der Waals surface area (Å²) in [5, 5.41) is 14.9. The molecule has 1 amide bonds. The van der Waals surface area contributed by atoms with Crippen LogP contribution in [0.25, 0.3) is 5.76 Å². The van der Waals surface area contributed by atoms with Crippen molar-refractivity contribution < 1.29 is 19.2 Å². The lowest BCUT2D eigenvalue weighted by Crippen LogP contribution is -2.29. The van der Waals surface area contributed by atoms with Gasteiger partial charge in [-0.05, 0) is 24.0 Å². The predicted octanol–water partition coefficient (Wildman–Crippen LogP) is 4.73. The van der Waals surface area contributed by atoms with Crippen molar-refractivity contribution in [2.75, 3.05) is 4.90 Å². The molecular formula is C24H22N2O4. The highest BCUT2D eigenvalue weighted by molar-refractivity contribution is 6.51. The van der Waals surface area contributed by atoms with Gasteiger partial charge in [-0.25, -0.2) is 0 Å². The number of aliphatic hydroxyl groups is 1. The minimum absolute atomic E-state index is 0.0316. The first-order valence-corrected chi connectivity index (χ1v) is 9.78. The Labute approximate surface area is 174 Å². The maximum Gasteiger partial charge on any atom is 0.301 e. The number of aryl methyl sites for hydroxylation is 1. The van der Waals surface area contributed by atoms with Crippen molar-refractivity contribution in [3.8, 4) is 0 Å². The Bertz CT molecular complexity index is 1130. The number of hydrogen-bond acceptors (Lipinski definition) is 5. The van der Waals surface area contributed by atoms with E-state index in [1.54, 1.807) is 37.3 Å². The lowest BCUT2D eigenvalue weighted by atomic mass is 9.93. The zero-order valence-electron chi connectivity index (χ0n) is 17.0. The Hall–Kier alpha value is -3.67. The van der Waals surface area contributed by atoms with Gasteiger partial charge in [-0.2, -0.15) is 0 Å². The molecule has 6 nitrogen and oxygen atoms in total. The summed E-state index contributed by atoms with van der Waals surface area (Å²) in [6, 6.07) is 17.2. The average Bonchev–Trinajstić information content (AvgIpc) is 3.29. The van der Waals surface area contributed by atoms with Gasteiger partial charge in [0.2, 0.25) is 0 Å². The van der Waals surface area contributed by atoms with Gasteiger partial charge in [-0.1, -0.05) is 73.6 Å². The van der Waals surface area contributed by atoms with Gasteiger partial charge in [0.05, 0.1) is 11.6 Å². The molecule has 2 aromatic carbocycles. The molecule has 1 saturated heterocycles. The van der Waals surface area contributed by atoms with E-state index in [9.17, 15) is 14.7 Å². The maximum atomic E-state index is 13.0. The molecule has 1 fully saturated rings. The van der Waals surface area contributed by atoms with E-state index in [1.165, 1.54) is 4.90 Å². The molecule has 6 heteroatoms. The molecule has 1 aromatic heterocycles. The van der Waals surface area contributed by atoms with Gasteiger partial charge < -0.3 is 9.63 Å². The molecule has 2 heterocycles. The van der Waals surface area contributed by atoms with Crippen LogP contribution in [0.5, 0.6) is 0 Å². The second-order valence-electron chi connectivity index (χ2n) is 7.65. The molecule has 4 rings (SSSR count). The molecule has 0 bridgehead atoms. The number of carbonyl (C=O) groups is 2. The van der Waals surface area contributed by atoms with Crippen LogP contribution in [0.3, 0.4) is 0 Å². The molecule has 0 unspecified atom stereocenters. The van der Waals surface area contributed by atoms with Gasteiger partial charge in [-0.15, -0.1) is 0 Å². The molecule has 0 spiro atoms. The highest BCUT2D eigenvalue weighted by Crippen LogP contribution is 2.42. The maximum absolute atomic E-state index is 13.0. The van der Waals surface area contributed by atoms with Crippen molar-refractivity contribution in [3.63, 3.8) is 0 Å². The van der Waals surface area contributed by atoms with Gasteiger partial charge in [0.15, 0.2) is 5.82 Å². The predicted molar refractivity (Wildman–Crippen MR) is 113 cm³/mol. The normalized spacial score (nSPS) is 18.4. The van der Waals surface area contributed by atoms with Gasteiger partial charge in [-0.3, -0.25) is 14.5 Å². The van der Waals surface area contributed by atoms with Crippen LogP contribution in [0.2, 0.25) is 0 Å². The van der Waals surface area contributed by atoms with E-state index in [4.69, 9.17) is 4.52 Å². The molecule has 30 heavy (non-hydrogen) atoms. The number of benzene rings is 2. The third kappa shape index (κ3) is 3.30. The molecule has 1 aliphatic rings. The zero-order chi connectivity index (χ0) is 21.4. The molecule has 0 aliphatic carbocycles. The number of aliphatic hydroxyl groups excluding tert-OH is 1. The van der Waals surface area contributed by atoms with Crippen LogP contribution in [0.4, 0.5) is 5.82 Å². The molecule has 3 aromatic rings. The molecule has 152 valence electrons. The Morgan fingerprint density at radius 3 is 2.30 bits per heavy atom. The highest BCUT2D eigenvalue weighted by Gasteiger charge is 2.48. The fraction of sp³-hybridized carbons (Fsp3) is 0.208. The number of nitrogens with zero attached hydrogens (tertiary/aromatic N) is 2. The Morgan fingerprint density at radius 1 is 1.07 bits per heavy atom. The Morgan fingerprint density at radius 2 is 1.73 bits per heavy atom. The Balaban J connectivity index is 1.91. The second kappa shape index (κ2) is 7.63. The number of Topliss-reactive ketones (excluding diaryl/α,β-unsaturated/α-hetero) is 1. The molecule has 1 atom stereocenters. The first kappa shape index (κ1) is 19.6. The smallest absolute Gasteiger partial charge is 0.301 e. The van der Waals surface area contributed by atoms with E-state index in [0.29, 0.717) is 22.8 Å². The van der Waals surface area contributed by atoms with E-state index < -0.39 is 17.7 Å². The number of rotatable bonds is 4. The quantitative estimate of drug-likeness (QED) is 0.387. The van der Waals surface area contributed by atoms with Crippen molar-refractivity contribution in [2.45, 2.75) is 32.7 Å². The van der Waals surface area contributed by atoms with Crippen LogP contribution in [-0.2, 0) is 9.59 Å². The number of amides is 1. The summed E-state index contributed by atoms with van der Waals surface area (Å²) in [7, 11) is 0. The van der Waals surface area contributed by atoms with E-state index >= 15 is 0 Å². The van der Waals surface area contributed by atoms with Crippen molar-refractivity contribution in [1.29, 1.82) is 0 Å². The molecule has 1 N–H and O–H groups in total. The fourth-order valence-electron chi connectivity index (χ4n) is 3.67. The molecule has 0 radical (unpaired) electrons. The third-order valence-electron chi connectivity index (χ3n) is 5.27. The standard InChI is InChI=1S/C24H22N2O4/c1-14(2)16-9-11-17(12-10-16)21-20(22(27)18-7-5-4-6-8-18)23(28)24(29)26(21)19-13-15(3)30-25-19/h4-14,21,27H,1-3H3/b22-20+/t21-/m0/s1. The van der Waals surface area contributed by atoms with E-state index in [-0.39, 0.29) is 17.2 Å². The van der Waals surface area contributed by atoms with Crippen molar-refractivity contribution in [2.24, 2.45) is 0 Å². The van der Waals surface area contributed by atoms with Crippen molar-refractivity contribution in [3.05, 3.63) is 88.7 Å². The molecule has 0 saturated carbocycles. The first-order chi connectivity index (χ1) is 14.4. The summed E-state index contributed by atoms with van der Waals surface area (Å²) in [5.41, 5.74) is 2.34. The summed E-state index contributed by atoms with van der Waals surface area (Å²) in [4.78, 5) is 27.3. The van der Waals surface area contributed by atoms with E-state index in [2.05, 4.69) is 19.0 Å². The van der Waals surface area contributed by atoms with Crippen LogP contribution >= 0.6 is 0 Å². The van der Waals surface area contributed by atoms with Gasteiger partial charge in [0.25, 0.3) is 5.78 Å². The minimum Gasteiger partial charge on any atom is -0.507 e. The zero-order valence-corrected chi connectivity index (χ0v) is 17.0. The van der Waals surface area contributed by atoms with Gasteiger partial charge >= 0.3 is 5.91 Å². The SMILES string of the molecule is Cc1cc(N2C(=O)C(=O)/C(=C(/O)c3ccccc3)[C@@H]2c2ccc(C(C)C)cc2)no1. The lowest BCUT2D eigenvalue weighted by molar-refractivity contribution is -0.132. The van der Waals surface area contributed by atoms with Crippen LogP contribution < -0.4 is 4.90 Å². The summed E-state index contributed by atoms with van der Waals surface area (Å²) in [6.45, 7) is 5.90. The molecular weight excluding hydrogens is 380 g/mol. The third-order valence-corrected chi connectivity index (χ3v) is 5.27. The van der Waals surface area contributed by atoms with Crippen LogP contribution in [0, 0.1) is 6.92 Å². The second-order valence-corrected chi connectivity index (χ2v) is 7.65. The van der Waals surface area contributed by atoms with Crippen LogP contribution in [-0.4, -0.2) is 22.0 Å². The monoisotopic (exact) mass is 402 g/mol. The van der Waals surface area contributed by atoms with Crippen LogP contribution in [0.1, 0.15) is 48.3 Å². The summed E-state index contributed by atoms with van der Waals surface area (Å²) in [6.07, 6.45) is 0. The number of hydrogen-bond donors (Lipinski definition) is 1. The van der Waals surface area contributed by atoms with E-state index in [1.807, 2.05) is 30.3 Å². The largest absolute Gasteiger partial charge is 0.507 e. The van der Waals surface area contributed by atoms with Crippen LogP contribution in [0.15, 0.2) is 70.8 Å².